The molecule has 0 aromatic heterocycles. The molecule has 50 heavy (non-hydrogen) atoms. The van der Waals surface area contributed by atoms with E-state index in [4.69, 9.17) is 0 Å². The van der Waals surface area contributed by atoms with E-state index in [1.807, 2.05) is 0 Å². The van der Waals surface area contributed by atoms with E-state index in [2.05, 4.69) is 206 Å². The number of rotatable bonds is 6. The van der Waals surface area contributed by atoms with Gasteiger partial charge in [-0.25, -0.2) is 0 Å². The maximum absolute atomic E-state index is 2.41. The van der Waals surface area contributed by atoms with E-state index in [-0.39, 0.29) is 0 Å². The van der Waals surface area contributed by atoms with Crippen LogP contribution in [-0.2, 0) is 0 Å². The highest BCUT2D eigenvalue weighted by molar-refractivity contribution is 6.22. The fourth-order valence-electron chi connectivity index (χ4n) is 7.48. The summed E-state index contributed by atoms with van der Waals surface area (Å²) < 4.78 is 0. The third-order valence-corrected chi connectivity index (χ3v) is 9.91. The molecule has 0 heteroatoms. The molecule has 9 aromatic carbocycles. The van der Waals surface area contributed by atoms with Crippen LogP contribution in [0.4, 0.5) is 0 Å². The minimum Gasteiger partial charge on any atom is -0.0622 e. The highest BCUT2D eigenvalue weighted by Crippen LogP contribution is 2.47. The van der Waals surface area contributed by atoms with Crippen molar-refractivity contribution in [3.05, 3.63) is 206 Å². The van der Waals surface area contributed by atoms with Gasteiger partial charge < -0.3 is 0 Å². The van der Waals surface area contributed by atoms with Crippen LogP contribution < -0.4 is 0 Å². The Bertz CT molecular complexity index is 2520. The SMILES string of the molecule is c1ccc(-c2ccc(-c3ccc(-c4ccc(-c5ccccc5)c(-c5c6ccccc6c(-c6ccccc6)c6ccccc56)c4)cc3)cc2)cc1. The predicted octanol–water partition coefficient (Wildman–Crippen LogP) is 14.0. The van der Waals surface area contributed by atoms with Crippen LogP contribution in [0.25, 0.3) is 88.3 Å². The molecule has 0 N–H and O–H groups in total. The minimum atomic E-state index is 1.20. The van der Waals surface area contributed by atoms with E-state index in [1.54, 1.807) is 0 Å². The molecular weight excluding hydrogens is 601 g/mol. The highest BCUT2D eigenvalue weighted by atomic mass is 14.2. The van der Waals surface area contributed by atoms with E-state index in [0.29, 0.717) is 0 Å². The molecule has 0 spiro atoms. The van der Waals surface area contributed by atoms with Gasteiger partial charge in [-0.05, 0) is 94.4 Å². The van der Waals surface area contributed by atoms with Crippen LogP contribution in [0, 0.1) is 0 Å². The van der Waals surface area contributed by atoms with E-state index in [9.17, 15) is 0 Å². The Morgan fingerprint density at radius 3 is 0.960 bits per heavy atom. The van der Waals surface area contributed by atoms with Crippen molar-refractivity contribution in [2.45, 2.75) is 0 Å². The molecule has 0 atom stereocenters. The van der Waals surface area contributed by atoms with Crippen LogP contribution in [0.3, 0.4) is 0 Å². The van der Waals surface area contributed by atoms with Crippen molar-refractivity contribution < 1.29 is 0 Å². The normalized spacial score (nSPS) is 11.2. The third-order valence-electron chi connectivity index (χ3n) is 9.91. The lowest BCUT2D eigenvalue weighted by Gasteiger charge is -2.20. The lowest BCUT2D eigenvalue weighted by molar-refractivity contribution is 1.56. The van der Waals surface area contributed by atoms with E-state index in [1.165, 1.54) is 88.3 Å². The molecule has 234 valence electrons. The zero-order valence-corrected chi connectivity index (χ0v) is 27.6. The third kappa shape index (κ3) is 5.38. The Morgan fingerprint density at radius 2 is 0.500 bits per heavy atom. The summed E-state index contributed by atoms with van der Waals surface area (Å²) in [5, 5.41) is 5.04. The van der Waals surface area contributed by atoms with Crippen LogP contribution >= 0.6 is 0 Å². The molecule has 0 aliphatic carbocycles. The van der Waals surface area contributed by atoms with Crippen molar-refractivity contribution in [3.63, 3.8) is 0 Å². The molecule has 0 bridgehead atoms. The molecule has 0 heterocycles. The summed E-state index contributed by atoms with van der Waals surface area (Å²) in [7, 11) is 0. The molecular formula is C50H34. The lowest BCUT2D eigenvalue weighted by Crippen LogP contribution is -1.93. The summed E-state index contributed by atoms with van der Waals surface area (Å²) in [6, 6.07) is 74.9. The van der Waals surface area contributed by atoms with Crippen LogP contribution in [-0.4, -0.2) is 0 Å². The van der Waals surface area contributed by atoms with Crippen molar-refractivity contribution in [1.82, 2.24) is 0 Å². The second-order valence-corrected chi connectivity index (χ2v) is 12.9. The Morgan fingerprint density at radius 1 is 0.180 bits per heavy atom. The molecule has 0 radical (unpaired) electrons. The maximum Gasteiger partial charge on any atom is -0.00199 e. The van der Waals surface area contributed by atoms with E-state index in [0.717, 1.165) is 0 Å². The zero-order chi connectivity index (χ0) is 33.3. The van der Waals surface area contributed by atoms with Gasteiger partial charge in [0.15, 0.2) is 0 Å². The fraction of sp³-hybridized carbons (Fsp3) is 0. The van der Waals surface area contributed by atoms with Gasteiger partial charge in [0.2, 0.25) is 0 Å². The molecule has 0 amide bonds. The summed E-state index contributed by atoms with van der Waals surface area (Å²) >= 11 is 0. The summed E-state index contributed by atoms with van der Waals surface area (Å²) in [5.74, 6) is 0. The molecule has 0 fully saturated rings. The van der Waals surface area contributed by atoms with Crippen LogP contribution in [0.1, 0.15) is 0 Å². The number of hydrogen-bond donors (Lipinski definition) is 0. The molecule has 0 aliphatic rings. The monoisotopic (exact) mass is 634 g/mol. The van der Waals surface area contributed by atoms with E-state index < -0.39 is 0 Å². The van der Waals surface area contributed by atoms with E-state index >= 15 is 0 Å². The molecule has 0 saturated heterocycles. The van der Waals surface area contributed by atoms with Crippen molar-refractivity contribution in [1.29, 1.82) is 0 Å². The Hall–Kier alpha value is -6.50. The topological polar surface area (TPSA) is 0 Å². The molecule has 9 aromatic rings. The van der Waals surface area contributed by atoms with Gasteiger partial charge in [-0.15, -0.1) is 0 Å². The molecule has 0 unspecified atom stereocenters. The Kier molecular flexibility index (Phi) is 7.61. The Balaban J connectivity index is 1.20. The van der Waals surface area contributed by atoms with Crippen LogP contribution in [0.5, 0.6) is 0 Å². The quantitative estimate of drug-likeness (QED) is 0.160. The zero-order valence-electron chi connectivity index (χ0n) is 27.6. The number of benzene rings is 9. The van der Waals surface area contributed by atoms with Crippen molar-refractivity contribution >= 4 is 21.5 Å². The first-order chi connectivity index (χ1) is 24.8. The number of hydrogen-bond acceptors (Lipinski definition) is 0. The average molecular weight is 635 g/mol. The standard InChI is InChI=1S/C50H34/c1-4-14-35(15-5-1)36-24-26-37(27-25-36)38-28-30-39(31-29-38)42-32-33-43(40-16-6-2-7-17-40)48(34-42)50-46-22-12-10-20-44(46)49(41-18-8-3-9-19-41)45-21-11-13-23-47(45)50/h1-34H. The average Bonchev–Trinajstić information content (AvgIpc) is 3.21. The molecule has 9 rings (SSSR count). The van der Waals surface area contributed by atoms with Gasteiger partial charge >= 0.3 is 0 Å². The van der Waals surface area contributed by atoms with Gasteiger partial charge in [-0.1, -0.05) is 200 Å². The van der Waals surface area contributed by atoms with Gasteiger partial charge in [-0.2, -0.15) is 0 Å². The van der Waals surface area contributed by atoms with Gasteiger partial charge in [0.05, 0.1) is 0 Å². The van der Waals surface area contributed by atoms with Gasteiger partial charge in [0, 0.05) is 0 Å². The lowest BCUT2D eigenvalue weighted by atomic mass is 9.83. The summed E-state index contributed by atoms with van der Waals surface area (Å²) in [4.78, 5) is 0. The van der Waals surface area contributed by atoms with Gasteiger partial charge in [0.1, 0.15) is 0 Å². The summed E-state index contributed by atoms with van der Waals surface area (Å²) in [6.07, 6.45) is 0. The van der Waals surface area contributed by atoms with Crippen LogP contribution in [0.15, 0.2) is 206 Å². The highest BCUT2D eigenvalue weighted by Gasteiger charge is 2.19. The molecule has 0 saturated carbocycles. The van der Waals surface area contributed by atoms with Crippen molar-refractivity contribution in [2.24, 2.45) is 0 Å². The molecule has 0 nitrogen and oxygen atoms in total. The predicted molar refractivity (Wildman–Crippen MR) is 214 cm³/mol. The van der Waals surface area contributed by atoms with Crippen molar-refractivity contribution in [3.8, 4) is 66.8 Å². The van der Waals surface area contributed by atoms with Crippen LogP contribution in [0.2, 0.25) is 0 Å². The summed E-state index contributed by atoms with van der Waals surface area (Å²) in [6.45, 7) is 0. The fourth-order valence-corrected chi connectivity index (χ4v) is 7.48. The minimum absolute atomic E-state index is 1.20. The molecule has 0 aliphatic heterocycles. The summed E-state index contributed by atoms with van der Waals surface area (Å²) in [5.41, 5.74) is 14.8. The first kappa shape index (κ1) is 29.6. The first-order valence-electron chi connectivity index (χ1n) is 17.3. The maximum atomic E-state index is 2.41. The Labute approximate surface area is 293 Å². The second kappa shape index (κ2) is 12.8. The largest absolute Gasteiger partial charge is 0.0622 e. The van der Waals surface area contributed by atoms with Crippen molar-refractivity contribution in [2.75, 3.05) is 0 Å². The van der Waals surface area contributed by atoms with Gasteiger partial charge in [-0.3, -0.25) is 0 Å². The number of fused-ring (bicyclic) bond motifs is 2. The first-order valence-corrected chi connectivity index (χ1v) is 17.3. The second-order valence-electron chi connectivity index (χ2n) is 12.9. The smallest absolute Gasteiger partial charge is 0.00199 e. The van der Waals surface area contributed by atoms with Gasteiger partial charge in [0.25, 0.3) is 0 Å².